The van der Waals surface area contributed by atoms with Gasteiger partial charge in [0.05, 0.1) is 18.1 Å². The number of aliphatic imine (C=N–C) groups is 1. The molecule has 0 bridgehead atoms. The van der Waals surface area contributed by atoms with Crippen molar-refractivity contribution in [3.05, 3.63) is 22.6 Å². The number of carbonyl (C=O) groups is 1. The summed E-state index contributed by atoms with van der Waals surface area (Å²) in [4.78, 5) is 21.4. The fourth-order valence-electron chi connectivity index (χ4n) is 4.97. The molecule has 3 fully saturated rings. The average molecular weight is 443 g/mol. The predicted octanol–water partition coefficient (Wildman–Crippen LogP) is 5.36. The topological polar surface area (TPSA) is 60.4 Å². The van der Waals surface area contributed by atoms with Crippen molar-refractivity contribution in [3.8, 4) is 17.2 Å². The van der Waals surface area contributed by atoms with Crippen LogP contribution in [0.15, 0.2) is 22.0 Å². The first-order valence-electron chi connectivity index (χ1n) is 11.5. The predicted molar refractivity (Wildman–Crippen MR) is 123 cm³/mol. The molecule has 6 nitrogen and oxygen atoms in total. The summed E-state index contributed by atoms with van der Waals surface area (Å²) >= 11 is 1.52. The van der Waals surface area contributed by atoms with Gasteiger partial charge in [-0.1, -0.05) is 38.5 Å². The molecule has 1 amide bonds. The lowest BCUT2D eigenvalue weighted by atomic mass is 9.94. The van der Waals surface area contributed by atoms with Crippen LogP contribution < -0.4 is 14.2 Å². The van der Waals surface area contributed by atoms with Gasteiger partial charge in [0.15, 0.2) is 16.7 Å². The molecule has 2 aliphatic heterocycles. The van der Waals surface area contributed by atoms with Gasteiger partial charge in [0, 0.05) is 17.7 Å². The second kappa shape index (κ2) is 9.15. The summed E-state index contributed by atoms with van der Waals surface area (Å²) in [5.74, 6) is 2.11. The normalized spacial score (nSPS) is 25.1. The van der Waals surface area contributed by atoms with E-state index in [1.165, 1.54) is 50.3 Å². The van der Waals surface area contributed by atoms with Crippen LogP contribution in [-0.2, 0) is 4.79 Å². The highest BCUT2D eigenvalue weighted by atomic mass is 32.2. The molecule has 0 aromatic heterocycles. The Morgan fingerprint density at radius 2 is 1.71 bits per heavy atom. The van der Waals surface area contributed by atoms with Crippen LogP contribution in [0, 0.1) is 0 Å². The Balaban J connectivity index is 1.48. The lowest BCUT2D eigenvalue weighted by molar-refractivity contribution is -0.124. The zero-order valence-electron chi connectivity index (χ0n) is 18.1. The molecule has 2 saturated carbocycles. The van der Waals surface area contributed by atoms with Crippen LogP contribution in [0.1, 0.15) is 69.8 Å². The third kappa shape index (κ3) is 4.29. The quantitative estimate of drug-likeness (QED) is 0.588. The number of hydrogen-bond donors (Lipinski definition) is 0. The van der Waals surface area contributed by atoms with Crippen molar-refractivity contribution in [3.63, 3.8) is 0 Å². The van der Waals surface area contributed by atoms with Gasteiger partial charge in [0.25, 0.3) is 5.91 Å². The molecule has 0 N–H and O–H groups in total. The van der Waals surface area contributed by atoms with Gasteiger partial charge < -0.3 is 14.2 Å². The van der Waals surface area contributed by atoms with Crippen LogP contribution in [0.3, 0.4) is 0 Å². The molecule has 4 aliphatic rings. The molecule has 2 aliphatic carbocycles. The van der Waals surface area contributed by atoms with Gasteiger partial charge in [-0.05, 0) is 49.6 Å². The van der Waals surface area contributed by atoms with Crippen LogP contribution in [0.5, 0.6) is 17.2 Å². The zero-order valence-corrected chi connectivity index (χ0v) is 18.9. The first kappa shape index (κ1) is 20.7. The molecular weight excluding hydrogens is 412 g/mol. The van der Waals surface area contributed by atoms with Gasteiger partial charge in [-0.25, -0.2) is 0 Å². The van der Waals surface area contributed by atoms with E-state index >= 15 is 0 Å². The van der Waals surface area contributed by atoms with E-state index in [1.54, 1.807) is 7.11 Å². The van der Waals surface area contributed by atoms with Crippen molar-refractivity contribution in [1.29, 1.82) is 0 Å². The summed E-state index contributed by atoms with van der Waals surface area (Å²) in [5, 5.41) is 0.898. The molecule has 31 heavy (non-hydrogen) atoms. The Hall–Kier alpha value is -2.15. The number of benzene rings is 1. The number of amides is 1. The highest BCUT2D eigenvalue weighted by Crippen LogP contribution is 2.42. The van der Waals surface area contributed by atoms with Crippen LogP contribution in [0.2, 0.25) is 0 Å². The fraction of sp³-hybridized carbons (Fsp3) is 0.583. The van der Waals surface area contributed by atoms with E-state index < -0.39 is 0 Å². The zero-order chi connectivity index (χ0) is 21.2. The molecular formula is C24H30N2O4S. The molecule has 0 spiro atoms. The van der Waals surface area contributed by atoms with Crippen molar-refractivity contribution in [1.82, 2.24) is 4.90 Å². The summed E-state index contributed by atoms with van der Waals surface area (Å²) in [6, 6.07) is 4.33. The second-order valence-corrected chi connectivity index (χ2v) is 9.74. The summed E-state index contributed by atoms with van der Waals surface area (Å²) in [6.07, 6.45) is 13.7. The van der Waals surface area contributed by atoms with E-state index in [2.05, 4.69) is 0 Å². The Labute approximate surface area is 188 Å². The van der Waals surface area contributed by atoms with E-state index in [4.69, 9.17) is 19.2 Å². The highest BCUT2D eigenvalue weighted by Gasteiger charge is 2.39. The maximum Gasteiger partial charge on any atom is 0.267 e. The van der Waals surface area contributed by atoms with Gasteiger partial charge in [-0.15, -0.1) is 0 Å². The molecule has 2 heterocycles. The molecule has 0 radical (unpaired) electrons. The molecule has 0 atom stereocenters. The molecule has 1 aromatic rings. The van der Waals surface area contributed by atoms with Crippen molar-refractivity contribution >= 4 is 28.9 Å². The fourth-order valence-corrected chi connectivity index (χ4v) is 6.07. The summed E-state index contributed by atoms with van der Waals surface area (Å²) in [5.41, 5.74) is 0.824. The smallest absolute Gasteiger partial charge is 0.267 e. The standard InChI is InChI=1S/C24H30N2O4S/c1-28-19-14-21-20(29-15-30-21)12-16(19)13-22-23(27)26(18-10-6-3-7-11-18)24(31-22)25-17-8-4-2-5-9-17/h12-14,17-18H,2-11,15H2,1H3/b22-13+,25-24?. The Bertz CT molecular complexity index is 901. The van der Waals surface area contributed by atoms with Crippen molar-refractivity contribution in [2.75, 3.05) is 13.9 Å². The highest BCUT2D eigenvalue weighted by molar-refractivity contribution is 8.18. The third-order valence-electron chi connectivity index (χ3n) is 6.66. The van der Waals surface area contributed by atoms with Gasteiger partial charge in [0.2, 0.25) is 6.79 Å². The number of hydrogen-bond acceptors (Lipinski definition) is 6. The van der Waals surface area contributed by atoms with Gasteiger partial charge >= 0.3 is 0 Å². The van der Waals surface area contributed by atoms with E-state index in [9.17, 15) is 4.79 Å². The number of methoxy groups -OCH3 is 1. The number of amidine groups is 1. The monoisotopic (exact) mass is 442 g/mol. The molecule has 1 aromatic carbocycles. The van der Waals surface area contributed by atoms with E-state index in [0.29, 0.717) is 28.2 Å². The minimum absolute atomic E-state index is 0.0752. The maximum atomic E-state index is 13.6. The molecule has 1 saturated heterocycles. The third-order valence-corrected chi connectivity index (χ3v) is 7.65. The Morgan fingerprint density at radius 1 is 1.03 bits per heavy atom. The lowest BCUT2D eigenvalue weighted by Gasteiger charge is -2.31. The van der Waals surface area contributed by atoms with Gasteiger partial charge in [0.1, 0.15) is 5.75 Å². The number of thioether (sulfide) groups is 1. The maximum absolute atomic E-state index is 13.6. The molecule has 166 valence electrons. The average Bonchev–Trinajstić information content (AvgIpc) is 3.38. The van der Waals surface area contributed by atoms with Crippen LogP contribution in [0.4, 0.5) is 0 Å². The minimum atomic E-state index is 0.0752. The molecule has 0 unspecified atom stereocenters. The minimum Gasteiger partial charge on any atom is -0.496 e. The molecule has 5 rings (SSSR count). The number of ether oxygens (including phenoxy) is 3. The van der Waals surface area contributed by atoms with Crippen molar-refractivity contribution < 1.29 is 19.0 Å². The number of rotatable bonds is 4. The lowest BCUT2D eigenvalue weighted by Crippen LogP contribution is -2.41. The summed E-state index contributed by atoms with van der Waals surface area (Å²) in [6.45, 7) is 0.208. The van der Waals surface area contributed by atoms with Crippen LogP contribution >= 0.6 is 11.8 Å². The SMILES string of the molecule is COc1cc2c(cc1/C=C1/SC(=NC3CCCCC3)N(C3CCCCC3)C1=O)OCO2. The first-order valence-corrected chi connectivity index (χ1v) is 12.3. The summed E-state index contributed by atoms with van der Waals surface area (Å²) < 4.78 is 16.6. The van der Waals surface area contributed by atoms with E-state index in [1.807, 2.05) is 23.1 Å². The number of nitrogens with zero attached hydrogens (tertiary/aromatic N) is 2. The Kier molecular flexibility index (Phi) is 6.12. The number of carbonyl (C=O) groups excluding carboxylic acids is 1. The van der Waals surface area contributed by atoms with Crippen LogP contribution in [0.25, 0.3) is 6.08 Å². The molecule has 7 heteroatoms. The van der Waals surface area contributed by atoms with Crippen LogP contribution in [-0.4, -0.2) is 42.0 Å². The van der Waals surface area contributed by atoms with Crippen molar-refractivity contribution in [2.45, 2.75) is 76.3 Å². The Morgan fingerprint density at radius 3 is 2.42 bits per heavy atom. The first-order chi connectivity index (χ1) is 15.2. The van der Waals surface area contributed by atoms with Gasteiger partial charge in [-0.2, -0.15) is 0 Å². The number of fused-ring (bicyclic) bond motifs is 1. The second-order valence-electron chi connectivity index (χ2n) is 8.73. The van der Waals surface area contributed by atoms with E-state index in [-0.39, 0.29) is 18.7 Å². The van der Waals surface area contributed by atoms with E-state index in [0.717, 1.165) is 36.4 Å². The summed E-state index contributed by atoms with van der Waals surface area (Å²) in [7, 11) is 1.63. The largest absolute Gasteiger partial charge is 0.496 e. The van der Waals surface area contributed by atoms with Gasteiger partial charge in [-0.3, -0.25) is 14.7 Å². The van der Waals surface area contributed by atoms with Crippen molar-refractivity contribution in [2.24, 2.45) is 4.99 Å².